The fraction of sp³-hybridized carbons (Fsp3) is 0.312. The van der Waals surface area contributed by atoms with Crippen LogP contribution < -0.4 is 19.5 Å². The highest BCUT2D eigenvalue weighted by molar-refractivity contribution is 7.92. The molecule has 1 aromatic carbocycles. The van der Waals surface area contributed by atoms with Crippen LogP contribution in [0.5, 0.6) is 11.5 Å². The number of nitrogens with zero attached hydrogens (tertiary/aromatic N) is 1. The van der Waals surface area contributed by atoms with Crippen molar-refractivity contribution in [2.75, 3.05) is 25.5 Å². The summed E-state index contributed by atoms with van der Waals surface area (Å²) in [6.45, 7) is 1.56. The maximum absolute atomic E-state index is 12.7. The first kappa shape index (κ1) is 19.3. The van der Waals surface area contributed by atoms with E-state index in [0.717, 1.165) is 24.2 Å². The number of rotatable bonds is 5. The Morgan fingerprint density at radius 3 is 2.72 bits per heavy atom. The van der Waals surface area contributed by atoms with Crippen LogP contribution in [0.3, 0.4) is 0 Å². The van der Waals surface area contributed by atoms with Crippen LogP contribution in [0.4, 0.5) is 5.69 Å². The lowest BCUT2D eigenvalue weighted by Crippen LogP contribution is -2.25. The number of methoxy groups -OCH3 is 2. The Hall–Kier alpha value is -2.03. The summed E-state index contributed by atoms with van der Waals surface area (Å²) in [7, 11) is -0.929. The average molecular weight is 386 g/mol. The summed E-state index contributed by atoms with van der Waals surface area (Å²) in [4.78, 5) is 4.36. The fourth-order valence-electron chi connectivity index (χ4n) is 2.61. The molecule has 0 atom stereocenters. The fourth-order valence-corrected chi connectivity index (χ4v) is 3.83. The maximum atomic E-state index is 12.7. The van der Waals surface area contributed by atoms with Crippen molar-refractivity contribution in [3.8, 4) is 11.5 Å². The summed E-state index contributed by atoms with van der Waals surface area (Å²) < 4.78 is 38.3. The molecule has 1 aromatic heterocycles. The van der Waals surface area contributed by atoms with Gasteiger partial charge in [-0.15, -0.1) is 12.4 Å². The molecular formula is C16H20ClN3O4S. The summed E-state index contributed by atoms with van der Waals surface area (Å²) in [5, 5.41) is 3.24. The van der Waals surface area contributed by atoms with Crippen molar-refractivity contribution >= 4 is 28.1 Å². The van der Waals surface area contributed by atoms with E-state index in [-0.39, 0.29) is 23.1 Å². The van der Waals surface area contributed by atoms with Gasteiger partial charge >= 0.3 is 0 Å². The first-order chi connectivity index (χ1) is 11.5. The van der Waals surface area contributed by atoms with Crippen molar-refractivity contribution in [3.63, 3.8) is 0 Å². The van der Waals surface area contributed by atoms with Crippen LogP contribution in [0.15, 0.2) is 35.4 Å². The van der Waals surface area contributed by atoms with E-state index in [9.17, 15) is 8.42 Å². The van der Waals surface area contributed by atoms with Crippen molar-refractivity contribution in [3.05, 3.63) is 41.7 Å². The van der Waals surface area contributed by atoms with Crippen LogP contribution in [0.25, 0.3) is 0 Å². The number of aromatic nitrogens is 1. The second-order valence-electron chi connectivity index (χ2n) is 5.38. The molecule has 2 N–H and O–H groups in total. The van der Waals surface area contributed by atoms with Crippen LogP contribution in [-0.4, -0.2) is 34.2 Å². The molecule has 1 aliphatic heterocycles. The summed E-state index contributed by atoms with van der Waals surface area (Å²) >= 11 is 0. The molecule has 2 aromatic rings. The molecule has 0 unspecified atom stereocenters. The van der Waals surface area contributed by atoms with E-state index in [1.165, 1.54) is 26.5 Å². The smallest absolute Gasteiger partial charge is 0.265 e. The molecule has 25 heavy (non-hydrogen) atoms. The zero-order chi connectivity index (χ0) is 17.2. The van der Waals surface area contributed by atoms with Crippen molar-refractivity contribution < 1.29 is 17.9 Å². The van der Waals surface area contributed by atoms with Gasteiger partial charge in [0, 0.05) is 31.3 Å². The molecule has 0 fully saturated rings. The number of hydrogen-bond acceptors (Lipinski definition) is 6. The molecule has 0 amide bonds. The summed E-state index contributed by atoms with van der Waals surface area (Å²) in [6, 6.07) is 6.43. The summed E-state index contributed by atoms with van der Waals surface area (Å²) in [5.41, 5.74) is 2.41. The van der Waals surface area contributed by atoms with Crippen molar-refractivity contribution in [1.82, 2.24) is 10.3 Å². The zero-order valence-electron chi connectivity index (χ0n) is 13.9. The van der Waals surface area contributed by atoms with E-state index < -0.39 is 10.0 Å². The van der Waals surface area contributed by atoms with Gasteiger partial charge in [0.2, 0.25) is 0 Å². The third kappa shape index (κ3) is 4.15. The molecule has 0 spiro atoms. The van der Waals surface area contributed by atoms with Gasteiger partial charge in [-0.1, -0.05) is 0 Å². The zero-order valence-corrected chi connectivity index (χ0v) is 15.5. The Balaban J connectivity index is 0.00000225. The third-order valence-electron chi connectivity index (χ3n) is 3.83. The minimum absolute atomic E-state index is 0. The Morgan fingerprint density at radius 1 is 1.20 bits per heavy atom. The van der Waals surface area contributed by atoms with Gasteiger partial charge in [0.25, 0.3) is 10.0 Å². The molecule has 0 bridgehead atoms. The molecular weight excluding hydrogens is 366 g/mol. The quantitative estimate of drug-likeness (QED) is 0.817. The van der Waals surface area contributed by atoms with Gasteiger partial charge in [-0.05, 0) is 23.8 Å². The Morgan fingerprint density at radius 2 is 2.00 bits per heavy atom. The highest BCUT2D eigenvalue weighted by Gasteiger charge is 2.21. The van der Waals surface area contributed by atoms with Gasteiger partial charge < -0.3 is 14.8 Å². The molecule has 9 heteroatoms. The molecule has 1 aliphatic rings. The Labute approximate surface area is 153 Å². The normalized spacial score (nSPS) is 13.4. The second kappa shape index (κ2) is 7.90. The largest absolute Gasteiger partial charge is 0.497 e. The van der Waals surface area contributed by atoms with Crippen molar-refractivity contribution in [2.24, 2.45) is 0 Å². The number of fused-ring (bicyclic) bond motifs is 1. The lowest BCUT2D eigenvalue weighted by atomic mass is 10.1. The van der Waals surface area contributed by atoms with Gasteiger partial charge in [-0.25, -0.2) is 8.42 Å². The molecule has 2 heterocycles. The van der Waals surface area contributed by atoms with E-state index in [0.29, 0.717) is 18.0 Å². The monoisotopic (exact) mass is 385 g/mol. The minimum Gasteiger partial charge on any atom is -0.497 e. The van der Waals surface area contributed by atoms with Gasteiger partial charge in [-0.2, -0.15) is 0 Å². The van der Waals surface area contributed by atoms with Crippen LogP contribution in [0.1, 0.15) is 11.3 Å². The number of ether oxygens (including phenoxy) is 2. The van der Waals surface area contributed by atoms with Crippen molar-refractivity contribution in [2.45, 2.75) is 17.9 Å². The number of nitrogens with one attached hydrogen (secondary N) is 2. The maximum Gasteiger partial charge on any atom is 0.265 e. The first-order valence-electron chi connectivity index (χ1n) is 7.47. The molecule has 0 radical (unpaired) electrons. The SMILES string of the molecule is COc1ccc(OC)c(S(=O)(=O)Nc2cnc3c(c2)CNCC3)c1.Cl. The first-order valence-corrected chi connectivity index (χ1v) is 8.95. The van der Waals surface area contributed by atoms with E-state index in [1.54, 1.807) is 18.2 Å². The van der Waals surface area contributed by atoms with E-state index in [2.05, 4.69) is 15.0 Å². The van der Waals surface area contributed by atoms with Crippen LogP contribution in [-0.2, 0) is 23.0 Å². The minimum atomic E-state index is -3.83. The van der Waals surface area contributed by atoms with Crippen LogP contribution in [0, 0.1) is 0 Å². The number of benzene rings is 1. The highest BCUT2D eigenvalue weighted by atomic mass is 35.5. The average Bonchev–Trinajstić information content (AvgIpc) is 2.60. The molecule has 0 saturated carbocycles. The summed E-state index contributed by atoms with van der Waals surface area (Å²) in [6.07, 6.45) is 2.38. The Kier molecular flexibility index (Phi) is 6.10. The lowest BCUT2D eigenvalue weighted by Gasteiger charge is -2.18. The van der Waals surface area contributed by atoms with Crippen molar-refractivity contribution in [1.29, 1.82) is 0 Å². The number of sulfonamides is 1. The van der Waals surface area contributed by atoms with E-state index in [4.69, 9.17) is 9.47 Å². The van der Waals surface area contributed by atoms with E-state index >= 15 is 0 Å². The van der Waals surface area contributed by atoms with Gasteiger partial charge in [0.15, 0.2) is 0 Å². The highest BCUT2D eigenvalue weighted by Crippen LogP contribution is 2.30. The molecule has 7 nitrogen and oxygen atoms in total. The summed E-state index contributed by atoms with van der Waals surface area (Å²) in [5.74, 6) is 0.680. The number of anilines is 1. The number of pyridine rings is 1. The Bertz CT molecular complexity index is 858. The third-order valence-corrected chi connectivity index (χ3v) is 5.23. The predicted octanol–water partition coefficient (Wildman–Crippen LogP) is 1.97. The van der Waals surface area contributed by atoms with Crippen LogP contribution >= 0.6 is 12.4 Å². The number of hydrogen-bond donors (Lipinski definition) is 2. The van der Waals surface area contributed by atoms with Gasteiger partial charge in [0.1, 0.15) is 16.4 Å². The topological polar surface area (TPSA) is 89.5 Å². The van der Waals surface area contributed by atoms with Crippen LogP contribution in [0.2, 0.25) is 0 Å². The molecule has 3 rings (SSSR count). The number of halogens is 1. The lowest BCUT2D eigenvalue weighted by molar-refractivity contribution is 0.392. The van der Waals surface area contributed by atoms with Gasteiger partial charge in [0.05, 0.1) is 26.1 Å². The molecule has 0 aliphatic carbocycles. The predicted molar refractivity (Wildman–Crippen MR) is 97.3 cm³/mol. The van der Waals surface area contributed by atoms with Gasteiger partial charge in [-0.3, -0.25) is 9.71 Å². The molecule has 136 valence electrons. The standard InChI is InChI=1S/C16H19N3O4S.ClH/c1-22-13-3-4-15(23-2)16(8-13)24(20,21)19-12-7-11-9-17-6-5-14(11)18-10-12;/h3-4,7-8,10,17,19H,5-6,9H2,1-2H3;1H. The second-order valence-corrected chi connectivity index (χ2v) is 7.03. The molecule has 0 saturated heterocycles. The van der Waals surface area contributed by atoms with E-state index in [1.807, 2.05) is 0 Å².